The number of hydrogen-bond donors (Lipinski definition) is 1. The van der Waals surface area contributed by atoms with Gasteiger partial charge in [-0.25, -0.2) is 4.39 Å². The van der Waals surface area contributed by atoms with E-state index in [2.05, 4.69) is 42.0 Å². The molecule has 0 unspecified atom stereocenters. The molecule has 1 aromatic carbocycles. The molecule has 0 aliphatic carbocycles. The first-order chi connectivity index (χ1) is 8.52. The molecular weight excluding hydrogens is 309 g/mol. The highest BCUT2D eigenvalue weighted by molar-refractivity contribution is 9.10. The molecule has 106 valence electrons. The summed E-state index contributed by atoms with van der Waals surface area (Å²) >= 11 is 3.22. The number of amides is 1. The zero-order valence-corrected chi connectivity index (χ0v) is 13.7. The molecule has 4 heteroatoms. The Bertz CT molecular complexity index is 457. The molecule has 0 saturated carbocycles. The predicted octanol–water partition coefficient (Wildman–Crippen LogP) is 4.53. The number of nitrogens with one attached hydrogen (secondary N) is 1. The molecule has 0 heterocycles. The quantitative estimate of drug-likeness (QED) is 0.867. The number of rotatable bonds is 3. The minimum absolute atomic E-state index is 0.0597. The van der Waals surface area contributed by atoms with Crippen molar-refractivity contribution in [2.24, 2.45) is 5.41 Å². The van der Waals surface area contributed by atoms with Crippen molar-refractivity contribution in [3.8, 4) is 0 Å². The molecule has 0 bridgehead atoms. The summed E-state index contributed by atoms with van der Waals surface area (Å²) in [5.74, 6) is -0.905. The van der Waals surface area contributed by atoms with Crippen molar-refractivity contribution in [1.29, 1.82) is 0 Å². The van der Waals surface area contributed by atoms with Crippen LogP contribution in [0, 0.1) is 11.2 Å². The van der Waals surface area contributed by atoms with Crippen LogP contribution in [0.1, 0.15) is 51.4 Å². The molecular formula is C15H21BrFNO. The first-order valence-electron chi connectivity index (χ1n) is 6.28. The molecule has 1 N–H and O–H groups in total. The molecule has 2 nitrogen and oxygen atoms in total. The van der Waals surface area contributed by atoms with Crippen molar-refractivity contribution in [2.75, 3.05) is 0 Å². The fraction of sp³-hybridized carbons (Fsp3) is 0.533. The van der Waals surface area contributed by atoms with Crippen LogP contribution in [-0.4, -0.2) is 11.4 Å². The topological polar surface area (TPSA) is 29.1 Å². The van der Waals surface area contributed by atoms with Gasteiger partial charge in [-0.15, -0.1) is 0 Å². The van der Waals surface area contributed by atoms with Crippen LogP contribution in [0.25, 0.3) is 0 Å². The maximum Gasteiger partial charge on any atom is 0.255 e. The zero-order chi connectivity index (χ0) is 14.8. The van der Waals surface area contributed by atoms with Crippen molar-refractivity contribution >= 4 is 21.8 Å². The first-order valence-corrected chi connectivity index (χ1v) is 7.08. The summed E-state index contributed by atoms with van der Waals surface area (Å²) < 4.78 is 14.2. The van der Waals surface area contributed by atoms with Gasteiger partial charge in [0.1, 0.15) is 5.82 Å². The summed E-state index contributed by atoms with van der Waals surface area (Å²) in [6, 6.07) is 4.52. The highest BCUT2D eigenvalue weighted by atomic mass is 79.9. The molecule has 1 aromatic rings. The van der Waals surface area contributed by atoms with Crippen molar-refractivity contribution in [3.05, 3.63) is 34.1 Å². The second-order valence-electron chi connectivity index (χ2n) is 6.67. The number of benzene rings is 1. The van der Waals surface area contributed by atoms with E-state index < -0.39 is 11.4 Å². The van der Waals surface area contributed by atoms with E-state index in [1.165, 1.54) is 6.07 Å². The summed E-state index contributed by atoms with van der Waals surface area (Å²) in [5, 5.41) is 2.90. The number of carbonyl (C=O) groups is 1. The van der Waals surface area contributed by atoms with Gasteiger partial charge in [-0.1, -0.05) is 26.8 Å². The summed E-state index contributed by atoms with van der Waals surface area (Å²) in [5.41, 5.74) is -0.246. The molecule has 0 fully saturated rings. The third kappa shape index (κ3) is 4.94. The van der Waals surface area contributed by atoms with Crippen LogP contribution < -0.4 is 5.32 Å². The monoisotopic (exact) mass is 329 g/mol. The average molecular weight is 330 g/mol. The van der Waals surface area contributed by atoms with Gasteiger partial charge in [0, 0.05) is 10.0 Å². The maximum atomic E-state index is 13.7. The van der Waals surface area contributed by atoms with Gasteiger partial charge < -0.3 is 5.32 Å². The lowest BCUT2D eigenvalue weighted by Crippen LogP contribution is -2.46. The van der Waals surface area contributed by atoms with E-state index in [-0.39, 0.29) is 16.9 Å². The second kappa shape index (κ2) is 5.61. The molecule has 0 aliphatic rings. The molecule has 1 rings (SSSR count). The van der Waals surface area contributed by atoms with Crippen molar-refractivity contribution in [1.82, 2.24) is 5.32 Å². The number of halogens is 2. The Morgan fingerprint density at radius 2 is 1.84 bits per heavy atom. The smallest absolute Gasteiger partial charge is 0.255 e. The van der Waals surface area contributed by atoms with Gasteiger partial charge in [0.25, 0.3) is 5.91 Å². The fourth-order valence-corrected chi connectivity index (χ4v) is 2.98. The largest absolute Gasteiger partial charge is 0.347 e. The van der Waals surface area contributed by atoms with Gasteiger partial charge in [0.2, 0.25) is 0 Å². The van der Waals surface area contributed by atoms with Gasteiger partial charge in [-0.2, -0.15) is 0 Å². The number of carbonyl (C=O) groups excluding carboxylic acids is 1. The van der Waals surface area contributed by atoms with Gasteiger partial charge in [-0.3, -0.25) is 4.79 Å². The van der Waals surface area contributed by atoms with E-state index in [0.29, 0.717) is 4.47 Å². The Morgan fingerprint density at radius 3 is 2.32 bits per heavy atom. The lowest BCUT2D eigenvalue weighted by Gasteiger charge is -2.33. The Hall–Kier alpha value is -0.900. The molecule has 0 saturated heterocycles. The van der Waals surface area contributed by atoms with E-state index in [1.807, 2.05) is 13.8 Å². The van der Waals surface area contributed by atoms with E-state index in [1.54, 1.807) is 12.1 Å². The third-order valence-electron chi connectivity index (χ3n) is 2.61. The zero-order valence-electron chi connectivity index (χ0n) is 12.1. The normalized spacial score (nSPS) is 12.4. The Kier molecular flexibility index (Phi) is 4.77. The van der Waals surface area contributed by atoms with E-state index in [0.717, 1.165) is 6.42 Å². The van der Waals surface area contributed by atoms with Gasteiger partial charge in [-0.05, 0) is 53.7 Å². The molecule has 0 atom stereocenters. The summed E-state index contributed by atoms with van der Waals surface area (Å²) in [6.07, 6.45) is 0.803. The molecule has 19 heavy (non-hydrogen) atoms. The predicted molar refractivity (Wildman–Crippen MR) is 79.7 cm³/mol. The van der Waals surface area contributed by atoms with E-state index >= 15 is 0 Å². The third-order valence-corrected chi connectivity index (χ3v) is 3.27. The summed E-state index contributed by atoms with van der Waals surface area (Å²) in [4.78, 5) is 12.2. The van der Waals surface area contributed by atoms with Crippen molar-refractivity contribution in [2.45, 2.75) is 46.6 Å². The molecule has 0 aromatic heterocycles. The van der Waals surface area contributed by atoms with Crippen LogP contribution in [0.3, 0.4) is 0 Å². The highest BCUT2D eigenvalue weighted by Gasteiger charge is 2.28. The molecule has 0 spiro atoms. The van der Waals surface area contributed by atoms with Crippen LogP contribution in [-0.2, 0) is 0 Å². The Labute approximate surface area is 122 Å². The summed E-state index contributed by atoms with van der Waals surface area (Å²) in [6.45, 7) is 10.2. The van der Waals surface area contributed by atoms with Crippen LogP contribution in [0.2, 0.25) is 0 Å². The van der Waals surface area contributed by atoms with Crippen LogP contribution >= 0.6 is 15.9 Å². The van der Waals surface area contributed by atoms with Gasteiger partial charge in [0.15, 0.2) is 0 Å². The summed E-state index contributed by atoms with van der Waals surface area (Å²) in [7, 11) is 0. The maximum absolute atomic E-state index is 13.7. The number of hydrogen-bond acceptors (Lipinski definition) is 1. The fourth-order valence-electron chi connectivity index (χ4n) is 2.45. The van der Waals surface area contributed by atoms with E-state index in [4.69, 9.17) is 0 Å². The van der Waals surface area contributed by atoms with Crippen molar-refractivity contribution in [3.63, 3.8) is 0 Å². The van der Waals surface area contributed by atoms with Crippen LogP contribution in [0.4, 0.5) is 4.39 Å². The molecule has 0 aliphatic heterocycles. The molecule has 1 amide bonds. The van der Waals surface area contributed by atoms with Gasteiger partial charge >= 0.3 is 0 Å². The van der Waals surface area contributed by atoms with Crippen LogP contribution in [0.15, 0.2) is 22.7 Å². The average Bonchev–Trinajstić information content (AvgIpc) is 2.11. The van der Waals surface area contributed by atoms with E-state index in [9.17, 15) is 9.18 Å². The van der Waals surface area contributed by atoms with Crippen molar-refractivity contribution < 1.29 is 9.18 Å². The first kappa shape index (κ1) is 16.2. The SMILES string of the molecule is CC(C)(C)CC(C)(C)NC(=O)c1c(F)cccc1Br. The lowest BCUT2D eigenvalue weighted by atomic mass is 9.81. The Balaban J connectivity index is 2.91. The lowest BCUT2D eigenvalue weighted by molar-refractivity contribution is 0.0886. The van der Waals surface area contributed by atoms with Gasteiger partial charge in [0.05, 0.1) is 5.56 Å². The molecule has 0 radical (unpaired) electrons. The second-order valence-corrected chi connectivity index (χ2v) is 7.53. The highest BCUT2D eigenvalue weighted by Crippen LogP contribution is 2.28. The minimum atomic E-state index is -0.515. The Morgan fingerprint density at radius 1 is 1.26 bits per heavy atom. The standard InChI is InChI=1S/C15H21BrFNO/c1-14(2,3)9-15(4,5)18-13(19)12-10(16)7-6-8-11(12)17/h6-8H,9H2,1-5H3,(H,18,19). The van der Waals surface area contributed by atoms with Crippen LogP contribution in [0.5, 0.6) is 0 Å². The minimum Gasteiger partial charge on any atom is -0.347 e.